The Morgan fingerprint density at radius 1 is 1.22 bits per heavy atom. The average Bonchev–Trinajstić information content (AvgIpc) is 2.62. The Labute approximate surface area is 162 Å². The molecule has 1 aromatic carbocycles. The highest BCUT2D eigenvalue weighted by molar-refractivity contribution is 5.82. The predicted molar refractivity (Wildman–Crippen MR) is 106 cm³/mol. The molecular formula is C23H33NO3. The van der Waals surface area contributed by atoms with Gasteiger partial charge in [0.1, 0.15) is 5.78 Å². The largest absolute Gasteiger partial charge is 0.504 e. The zero-order valence-electron chi connectivity index (χ0n) is 16.8. The fourth-order valence-electron chi connectivity index (χ4n) is 5.80. The highest BCUT2D eigenvalue weighted by Crippen LogP contribution is 2.55. The summed E-state index contributed by atoms with van der Waals surface area (Å²) in [5.41, 5.74) is 2.00. The molecule has 1 N–H and O–H groups in total. The van der Waals surface area contributed by atoms with E-state index in [1.54, 1.807) is 7.11 Å². The van der Waals surface area contributed by atoms with Crippen LogP contribution in [0.5, 0.6) is 11.5 Å². The summed E-state index contributed by atoms with van der Waals surface area (Å²) >= 11 is 0. The van der Waals surface area contributed by atoms with E-state index < -0.39 is 0 Å². The first-order valence-electron chi connectivity index (χ1n) is 10.6. The van der Waals surface area contributed by atoms with Gasteiger partial charge >= 0.3 is 0 Å². The molecule has 4 heteroatoms. The van der Waals surface area contributed by atoms with E-state index in [4.69, 9.17) is 4.74 Å². The summed E-state index contributed by atoms with van der Waals surface area (Å²) in [6.45, 7) is 2.14. The number of carbonyl (C=O) groups is 1. The quantitative estimate of drug-likeness (QED) is 0.819. The van der Waals surface area contributed by atoms with Crippen LogP contribution in [0.15, 0.2) is 12.1 Å². The Hall–Kier alpha value is -1.55. The van der Waals surface area contributed by atoms with Crippen LogP contribution in [0, 0.1) is 11.8 Å². The van der Waals surface area contributed by atoms with Crippen LogP contribution in [0.1, 0.15) is 62.5 Å². The number of phenols is 1. The van der Waals surface area contributed by atoms with Crippen LogP contribution in [0.3, 0.4) is 0 Å². The van der Waals surface area contributed by atoms with E-state index in [9.17, 15) is 9.90 Å². The third-order valence-electron chi connectivity index (χ3n) is 7.51. The van der Waals surface area contributed by atoms with Gasteiger partial charge in [-0.3, -0.25) is 4.79 Å². The molecule has 148 valence electrons. The molecule has 1 unspecified atom stereocenters. The van der Waals surface area contributed by atoms with E-state index in [1.165, 1.54) is 24.8 Å². The molecular weight excluding hydrogens is 338 g/mol. The van der Waals surface area contributed by atoms with Gasteiger partial charge in [0.05, 0.1) is 7.11 Å². The van der Waals surface area contributed by atoms with E-state index >= 15 is 0 Å². The molecule has 0 bridgehead atoms. The van der Waals surface area contributed by atoms with Crippen molar-refractivity contribution in [3.63, 3.8) is 0 Å². The molecule has 0 aliphatic heterocycles. The van der Waals surface area contributed by atoms with Crippen LogP contribution in [-0.4, -0.2) is 43.0 Å². The maximum atomic E-state index is 12.6. The highest BCUT2D eigenvalue weighted by atomic mass is 16.5. The summed E-state index contributed by atoms with van der Waals surface area (Å²) in [6, 6.07) is 3.97. The van der Waals surface area contributed by atoms with E-state index in [0.717, 1.165) is 50.3 Å². The van der Waals surface area contributed by atoms with Crippen molar-refractivity contribution in [1.29, 1.82) is 0 Å². The molecule has 2 saturated carbocycles. The molecule has 2 fully saturated rings. The van der Waals surface area contributed by atoms with Crippen LogP contribution < -0.4 is 4.74 Å². The van der Waals surface area contributed by atoms with Crippen molar-refractivity contribution >= 4 is 5.78 Å². The number of hydrogen-bond donors (Lipinski definition) is 1. The lowest BCUT2D eigenvalue weighted by atomic mass is 9.55. The first-order valence-corrected chi connectivity index (χ1v) is 10.6. The molecule has 2 atom stereocenters. The van der Waals surface area contributed by atoms with Crippen LogP contribution in [0.4, 0.5) is 0 Å². The van der Waals surface area contributed by atoms with Crippen molar-refractivity contribution in [2.75, 3.05) is 27.2 Å². The van der Waals surface area contributed by atoms with Crippen molar-refractivity contribution in [3.05, 3.63) is 23.3 Å². The van der Waals surface area contributed by atoms with Crippen LogP contribution in [0.25, 0.3) is 0 Å². The second-order valence-electron chi connectivity index (χ2n) is 9.11. The lowest BCUT2D eigenvalue weighted by Gasteiger charge is -2.49. The summed E-state index contributed by atoms with van der Waals surface area (Å²) in [5.74, 6) is 2.50. The molecule has 0 heterocycles. The molecule has 4 nitrogen and oxygen atoms in total. The lowest BCUT2D eigenvalue weighted by molar-refractivity contribution is -0.124. The SMILES string of the molecule is COc1ccc2c(c1O)C1(CCN(C)CC3CCC3)CC(=O)CC[C@@H]1CC2. The number of benzene rings is 1. The number of hydrogen-bond acceptors (Lipinski definition) is 4. The number of aryl methyl sites for hydroxylation is 1. The van der Waals surface area contributed by atoms with Gasteiger partial charge in [0.15, 0.2) is 11.5 Å². The fourth-order valence-corrected chi connectivity index (χ4v) is 5.80. The van der Waals surface area contributed by atoms with Gasteiger partial charge in [-0.2, -0.15) is 0 Å². The zero-order valence-corrected chi connectivity index (χ0v) is 16.8. The predicted octanol–water partition coefficient (Wildman–Crippen LogP) is 4.08. The van der Waals surface area contributed by atoms with E-state index in [-0.39, 0.29) is 11.2 Å². The van der Waals surface area contributed by atoms with Crippen molar-refractivity contribution < 1.29 is 14.6 Å². The summed E-state index contributed by atoms with van der Waals surface area (Å²) in [4.78, 5) is 15.0. The maximum absolute atomic E-state index is 12.6. The lowest BCUT2D eigenvalue weighted by Crippen LogP contribution is -2.47. The van der Waals surface area contributed by atoms with Crippen LogP contribution in [-0.2, 0) is 16.6 Å². The van der Waals surface area contributed by atoms with Crippen LogP contribution in [0.2, 0.25) is 0 Å². The summed E-state index contributed by atoms with van der Waals surface area (Å²) in [6.07, 6.45) is 9.38. The van der Waals surface area contributed by atoms with Crippen molar-refractivity contribution in [2.45, 2.75) is 63.2 Å². The number of methoxy groups -OCH3 is 1. The van der Waals surface area contributed by atoms with Gasteiger partial charge in [0.25, 0.3) is 0 Å². The molecule has 3 aliphatic carbocycles. The van der Waals surface area contributed by atoms with Crippen LogP contribution >= 0.6 is 0 Å². The molecule has 3 aliphatic rings. The van der Waals surface area contributed by atoms with Crippen molar-refractivity contribution in [2.24, 2.45) is 11.8 Å². The number of ether oxygens (including phenoxy) is 1. The standard InChI is InChI=1S/C23H33NO3/c1-24(15-16-4-3-5-16)13-12-23-14-19(25)10-9-18(23)8-6-17-7-11-20(27-2)22(26)21(17)23/h7,11,16,18,26H,3-6,8-10,12-15H2,1-2H3/t18-,23?/m0/s1. The van der Waals surface area contributed by atoms with Gasteiger partial charge in [0.2, 0.25) is 0 Å². The summed E-state index contributed by atoms with van der Waals surface area (Å²) in [7, 11) is 3.82. The Kier molecular flexibility index (Phi) is 5.19. The second-order valence-corrected chi connectivity index (χ2v) is 9.11. The number of ketones is 1. The smallest absolute Gasteiger partial charge is 0.161 e. The van der Waals surface area contributed by atoms with E-state index in [2.05, 4.69) is 18.0 Å². The molecule has 4 rings (SSSR count). The first kappa shape index (κ1) is 18.8. The van der Waals surface area contributed by atoms with Crippen molar-refractivity contribution in [3.8, 4) is 11.5 Å². The summed E-state index contributed by atoms with van der Waals surface area (Å²) < 4.78 is 5.42. The Morgan fingerprint density at radius 2 is 2.00 bits per heavy atom. The molecule has 1 aromatic rings. The number of phenolic OH excluding ortho intramolecular Hbond substituents is 1. The van der Waals surface area contributed by atoms with Gasteiger partial charge in [-0.05, 0) is 75.6 Å². The molecule has 0 amide bonds. The number of rotatable bonds is 6. The average molecular weight is 372 g/mol. The van der Waals surface area contributed by atoms with Gasteiger partial charge in [-0.1, -0.05) is 12.5 Å². The summed E-state index contributed by atoms with van der Waals surface area (Å²) in [5, 5.41) is 11.0. The number of fused-ring (bicyclic) bond motifs is 3. The van der Waals surface area contributed by atoms with Crippen molar-refractivity contribution in [1.82, 2.24) is 4.90 Å². The monoisotopic (exact) mass is 371 g/mol. The fraction of sp³-hybridized carbons (Fsp3) is 0.696. The topological polar surface area (TPSA) is 49.8 Å². The Balaban J connectivity index is 1.66. The number of Topliss-reactive ketones (excluding diaryl/α,β-unsaturated/α-hetero) is 1. The Morgan fingerprint density at radius 3 is 2.70 bits per heavy atom. The normalized spacial score (nSPS) is 27.8. The van der Waals surface area contributed by atoms with Gasteiger partial charge in [0, 0.05) is 30.4 Å². The van der Waals surface area contributed by atoms with Gasteiger partial charge < -0.3 is 14.7 Å². The maximum Gasteiger partial charge on any atom is 0.161 e. The van der Waals surface area contributed by atoms with E-state index in [1.807, 2.05) is 6.07 Å². The molecule has 0 aromatic heterocycles. The minimum atomic E-state index is -0.227. The van der Waals surface area contributed by atoms with E-state index in [0.29, 0.717) is 30.3 Å². The number of aromatic hydroxyl groups is 1. The molecule has 0 saturated heterocycles. The van der Waals surface area contributed by atoms with Gasteiger partial charge in [-0.15, -0.1) is 0 Å². The first-order chi connectivity index (χ1) is 13.0. The third kappa shape index (κ3) is 3.37. The van der Waals surface area contributed by atoms with Gasteiger partial charge in [-0.25, -0.2) is 0 Å². The molecule has 27 heavy (non-hydrogen) atoms. The highest BCUT2D eigenvalue weighted by Gasteiger charge is 2.49. The minimum Gasteiger partial charge on any atom is -0.504 e. The molecule has 0 radical (unpaired) electrons. The Bertz CT molecular complexity index is 712. The number of nitrogens with zero attached hydrogens (tertiary/aromatic N) is 1. The minimum absolute atomic E-state index is 0.227. The molecule has 0 spiro atoms. The second kappa shape index (κ2) is 7.46. The number of carbonyl (C=O) groups excluding carboxylic acids is 1. The zero-order chi connectivity index (χ0) is 19.0. The third-order valence-corrected chi connectivity index (χ3v) is 7.51.